The van der Waals surface area contributed by atoms with E-state index in [1.165, 1.54) is 23.9 Å². The molecule has 1 amide bonds. The molecule has 0 radical (unpaired) electrons. The molecular weight excluding hydrogens is 429 g/mol. The number of rotatable bonds is 7. The van der Waals surface area contributed by atoms with Gasteiger partial charge in [-0.2, -0.15) is 0 Å². The van der Waals surface area contributed by atoms with Crippen LogP contribution < -0.4 is 19.9 Å². The Morgan fingerprint density at radius 1 is 1.03 bits per heavy atom. The molecule has 1 aromatic heterocycles. The molecule has 0 unspecified atom stereocenters. The lowest BCUT2D eigenvalue weighted by molar-refractivity contribution is -0.113. The fraction of sp³-hybridized carbons (Fsp3) is 0.261. The van der Waals surface area contributed by atoms with Crippen LogP contribution in [0, 0.1) is 5.82 Å². The number of halogens is 1. The second-order valence-electron chi connectivity index (χ2n) is 7.17. The van der Waals surface area contributed by atoms with Crippen LogP contribution in [-0.4, -0.2) is 54.9 Å². The van der Waals surface area contributed by atoms with Crippen molar-refractivity contribution in [3.05, 3.63) is 66.7 Å². The molecule has 9 heteroatoms. The molecule has 166 valence electrons. The average Bonchev–Trinajstić information content (AvgIpc) is 2.84. The summed E-state index contributed by atoms with van der Waals surface area (Å²) < 4.78 is 18.5. The molecule has 1 N–H and O–H groups in total. The highest BCUT2D eigenvalue weighted by Crippen LogP contribution is 2.28. The lowest BCUT2D eigenvalue weighted by Gasteiger charge is -2.37. The van der Waals surface area contributed by atoms with Crippen molar-refractivity contribution in [3.63, 3.8) is 0 Å². The first-order valence-corrected chi connectivity index (χ1v) is 11.2. The topological polar surface area (TPSA) is 70.6 Å². The predicted molar refractivity (Wildman–Crippen MR) is 125 cm³/mol. The summed E-state index contributed by atoms with van der Waals surface area (Å²) in [5.41, 5.74) is 1.64. The second kappa shape index (κ2) is 10.3. The van der Waals surface area contributed by atoms with Gasteiger partial charge in [-0.1, -0.05) is 23.9 Å². The summed E-state index contributed by atoms with van der Waals surface area (Å²) in [5.74, 6) is 1.23. The number of benzene rings is 2. The summed E-state index contributed by atoms with van der Waals surface area (Å²) >= 11 is 1.36. The van der Waals surface area contributed by atoms with Gasteiger partial charge in [0, 0.05) is 44.3 Å². The number of carbonyl (C=O) groups is 1. The molecule has 2 aromatic carbocycles. The van der Waals surface area contributed by atoms with Crippen LogP contribution >= 0.6 is 11.8 Å². The number of anilines is 3. The van der Waals surface area contributed by atoms with Gasteiger partial charge >= 0.3 is 0 Å². The third-order valence-electron chi connectivity index (χ3n) is 5.14. The summed E-state index contributed by atoms with van der Waals surface area (Å²) in [5, 5.41) is 3.60. The number of ether oxygens (including phenoxy) is 1. The summed E-state index contributed by atoms with van der Waals surface area (Å²) in [6, 6.07) is 13.9. The molecule has 0 bridgehead atoms. The van der Waals surface area contributed by atoms with E-state index >= 15 is 0 Å². The van der Waals surface area contributed by atoms with E-state index in [-0.39, 0.29) is 17.5 Å². The largest absolute Gasteiger partial charge is 0.495 e. The minimum Gasteiger partial charge on any atom is -0.495 e. The summed E-state index contributed by atoms with van der Waals surface area (Å²) in [6.45, 7) is 3.11. The van der Waals surface area contributed by atoms with Crippen LogP contribution in [0.5, 0.6) is 5.75 Å². The van der Waals surface area contributed by atoms with Crippen LogP contribution in [0.25, 0.3) is 0 Å². The van der Waals surface area contributed by atoms with Crippen molar-refractivity contribution in [1.29, 1.82) is 0 Å². The minimum absolute atomic E-state index is 0.141. The normalized spacial score (nSPS) is 13.7. The molecule has 1 aliphatic heterocycles. The smallest absolute Gasteiger partial charge is 0.234 e. The fourth-order valence-electron chi connectivity index (χ4n) is 3.53. The van der Waals surface area contributed by atoms with Crippen LogP contribution in [0.4, 0.5) is 21.6 Å². The first-order chi connectivity index (χ1) is 15.6. The quantitative estimate of drug-likeness (QED) is 0.547. The number of nitrogens with zero attached hydrogens (tertiary/aromatic N) is 4. The van der Waals surface area contributed by atoms with Crippen molar-refractivity contribution >= 4 is 34.9 Å². The fourth-order valence-corrected chi connectivity index (χ4v) is 4.32. The van der Waals surface area contributed by atoms with Gasteiger partial charge in [0.2, 0.25) is 5.91 Å². The number of aromatic nitrogens is 2. The van der Waals surface area contributed by atoms with Crippen molar-refractivity contribution in [3.8, 4) is 5.75 Å². The Balaban J connectivity index is 1.36. The second-order valence-corrected chi connectivity index (χ2v) is 8.14. The van der Waals surface area contributed by atoms with Gasteiger partial charge < -0.3 is 19.9 Å². The molecule has 0 saturated carbocycles. The first-order valence-electron chi connectivity index (χ1n) is 10.3. The van der Waals surface area contributed by atoms with Gasteiger partial charge in [-0.3, -0.25) is 4.79 Å². The number of nitrogens with one attached hydrogen (secondary N) is 1. The standard InChI is InChI=1S/C23H24FN5O2S/c1-31-20-5-3-2-4-19(20)27-21(30)16-32-23-22(25-10-11-26-23)29-14-12-28(13-15-29)18-8-6-17(24)7-9-18/h2-11H,12-16H2,1H3,(H,27,30). The minimum atomic E-state index is -0.233. The molecule has 1 aliphatic rings. The SMILES string of the molecule is COc1ccccc1NC(=O)CSc1nccnc1N1CCN(c2ccc(F)cc2)CC1. The van der Waals surface area contributed by atoms with E-state index in [0.29, 0.717) is 11.4 Å². The number of hydrogen-bond acceptors (Lipinski definition) is 7. The van der Waals surface area contributed by atoms with Gasteiger partial charge in [-0.05, 0) is 36.4 Å². The highest BCUT2D eigenvalue weighted by atomic mass is 32.2. The van der Waals surface area contributed by atoms with Crippen molar-refractivity contribution in [2.75, 3.05) is 54.2 Å². The van der Waals surface area contributed by atoms with Crippen LogP contribution in [0.3, 0.4) is 0 Å². The first kappa shape index (κ1) is 21.9. The molecule has 0 spiro atoms. The maximum Gasteiger partial charge on any atom is 0.234 e. The van der Waals surface area contributed by atoms with Crippen molar-refractivity contribution < 1.29 is 13.9 Å². The van der Waals surface area contributed by atoms with E-state index in [0.717, 1.165) is 42.7 Å². The van der Waals surface area contributed by atoms with Gasteiger partial charge in [0.25, 0.3) is 0 Å². The van der Waals surface area contributed by atoms with Gasteiger partial charge in [0.1, 0.15) is 16.6 Å². The number of amides is 1. The van der Waals surface area contributed by atoms with Crippen molar-refractivity contribution in [2.45, 2.75) is 5.03 Å². The Morgan fingerprint density at radius 2 is 1.72 bits per heavy atom. The molecule has 1 fully saturated rings. The van der Waals surface area contributed by atoms with E-state index in [1.54, 1.807) is 43.8 Å². The van der Waals surface area contributed by atoms with E-state index in [4.69, 9.17) is 4.74 Å². The highest BCUT2D eigenvalue weighted by Gasteiger charge is 2.22. The van der Waals surface area contributed by atoms with Crippen LogP contribution in [0.1, 0.15) is 0 Å². The van der Waals surface area contributed by atoms with Crippen LogP contribution in [-0.2, 0) is 4.79 Å². The van der Waals surface area contributed by atoms with Crippen molar-refractivity contribution in [2.24, 2.45) is 0 Å². The molecule has 1 saturated heterocycles. The maximum absolute atomic E-state index is 13.2. The number of methoxy groups -OCH3 is 1. The summed E-state index contributed by atoms with van der Waals surface area (Å²) in [7, 11) is 1.57. The zero-order chi connectivity index (χ0) is 22.3. The number of carbonyl (C=O) groups excluding carboxylic acids is 1. The molecule has 32 heavy (non-hydrogen) atoms. The Hall–Kier alpha value is -3.33. The number of para-hydroxylation sites is 2. The van der Waals surface area contributed by atoms with Crippen LogP contribution in [0.2, 0.25) is 0 Å². The van der Waals surface area contributed by atoms with Gasteiger partial charge in [-0.15, -0.1) is 0 Å². The van der Waals surface area contributed by atoms with E-state index in [1.807, 2.05) is 12.1 Å². The van der Waals surface area contributed by atoms with Gasteiger partial charge in [0.05, 0.1) is 18.6 Å². The molecular formula is C23H24FN5O2S. The highest BCUT2D eigenvalue weighted by molar-refractivity contribution is 8.00. The number of piperazine rings is 1. The Bertz CT molecular complexity index is 1060. The predicted octanol–water partition coefficient (Wildman–Crippen LogP) is 3.68. The molecule has 3 aromatic rings. The number of thioether (sulfide) groups is 1. The molecule has 0 aliphatic carbocycles. The molecule has 0 atom stereocenters. The monoisotopic (exact) mass is 453 g/mol. The zero-order valence-corrected chi connectivity index (χ0v) is 18.5. The Morgan fingerprint density at radius 3 is 2.47 bits per heavy atom. The number of hydrogen-bond donors (Lipinski definition) is 1. The summed E-state index contributed by atoms with van der Waals surface area (Å²) in [6.07, 6.45) is 3.30. The maximum atomic E-state index is 13.2. The summed E-state index contributed by atoms with van der Waals surface area (Å²) in [4.78, 5) is 25.9. The third-order valence-corrected chi connectivity index (χ3v) is 6.11. The van der Waals surface area contributed by atoms with Gasteiger partial charge in [-0.25, -0.2) is 14.4 Å². The third kappa shape index (κ3) is 5.28. The lowest BCUT2D eigenvalue weighted by Crippen LogP contribution is -2.47. The van der Waals surface area contributed by atoms with Crippen molar-refractivity contribution in [1.82, 2.24) is 9.97 Å². The zero-order valence-electron chi connectivity index (χ0n) is 17.7. The average molecular weight is 454 g/mol. The van der Waals surface area contributed by atoms with Gasteiger partial charge in [0.15, 0.2) is 5.82 Å². The van der Waals surface area contributed by atoms with E-state index in [2.05, 4.69) is 25.1 Å². The Labute approximate surface area is 190 Å². The van der Waals surface area contributed by atoms with E-state index < -0.39 is 0 Å². The Kier molecular flexibility index (Phi) is 7.06. The van der Waals surface area contributed by atoms with Crippen LogP contribution in [0.15, 0.2) is 66.0 Å². The molecule has 4 rings (SSSR count). The van der Waals surface area contributed by atoms with E-state index in [9.17, 15) is 9.18 Å². The lowest BCUT2D eigenvalue weighted by atomic mass is 10.2. The molecule has 2 heterocycles. The molecule has 7 nitrogen and oxygen atoms in total.